The molecule has 3 aromatic rings. The van der Waals surface area contributed by atoms with E-state index in [1.165, 1.54) is 23.1 Å². The molecule has 0 aliphatic carbocycles. The SMILES string of the molecule is Cc1sc(NC(=O)C(C)Sc2ccc(NC(=O)CCC(=O)O)cc2)nc1-c1ccccc1. The number of thiazole rings is 1. The standard InChI is InChI=1S/C23H23N3O4S2/c1-14-21(16-6-4-3-5-7-16)25-23(32-14)26-22(30)15(2)31-18-10-8-17(9-11-18)24-19(27)12-13-20(28)29/h3-11,15H,12-13H2,1-2H3,(H,24,27)(H,28,29)(H,25,26,30). The Bertz CT molecular complexity index is 1100. The summed E-state index contributed by atoms with van der Waals surface area (Å²) in [6.45, 7) is 3.80. The van der Waals surface area contributed by atoms with Crippen LogP contribution in [-0.4, -0.2) is 33.1 Å². The van der Waals surface area contributed by atoms with Crippen molar-refractivity contribution in [2.45, 2.75) is 36.8 Å². The molecule has 0 aliphatic rings. The third-order valence-corrected chi connectivity index (χ3v) is 6.46. The number of thioether (sulfide) groups is 1. The minimum absolute atomic E-state index is 0.0781. The summed E-state index contributed by atoms with van der Waals surface area (Å²) >= 11 is 2.84. The number of aliphatic carboxylic acids is 1. The first-order valence-electron chi connectivity index (χ1n) is 9.94. The summed E-state index contributed by atoms with van der Waals surface area (Å²) in [6, 6.07) is 16.9. The average Bonchev–Trinajstić information content (AvgIpc) is 3.14. The quantitative estimate of drug-likeness (QED) is 0.379. The van der Waals surface area contributed by atoms with E-state index in [1.54, 1.807) is 12.1 Å². The van der Waals surface area contributed by atoms with Crippen molar-refractivity contribution in [2.75, 3.05) is 10.6 Å². The minimum Gasteiger partial charge on any atom is -0.481 e. The van der Waals surface area contributed by atoms with Crippen LogP contribution in [0.4, 0.5) is 10.8 Å². The second-order valence-corrected chi connectivity index (χ2v) is 9.62. The van der Waals surface area contributed by atoms with Gasteiger partial charge in [-0.25, -0.2) is 4.98 Å². The van der Waals surface area contributed by atoms with Gasteiger partial charge in [0.05, 0.1) is 17.4 Å². The Balaban J connectivity index is 1.54. The van der Waals surface area contributed by atoms with Gasteiger partial charge in [0.25, 0.3) is 0 Å². The van der Waals surface area contributed by atoms with E-state index in [0.29, 0.717) is 10.8 Å². The Hall–Kier alpha value is -3.17. The van der Waals surface area contributed by atoms with E-state index < -0.39 is 5.97 Å². The molecular weight excluding hydrogens is 446 g/mol. The molecule has 0 aliphatic heterocycles. The van der Waals surface area contributed by atoms with Crippen molar-refractivity contribution < 1.29 is 19.5 Å². The highest BCUT2D eigenvalue weighted by Crippen LogP contribution is 2.31. The molecule has 2 amide bonds. The predicted octanol–water partition coefficient (Wildman–Crippen LogP) is 5.04. The highest BCUT2D eigenvalue weighted by molar-refractivity contribution is 8.00. The number of nitrogens with zero attached hydrogens (tertiary/aromatic N) is 1. The van der Waals surface area contributed by atoms with Crippen LogP contribution in [0.1, 0.15) is 24.6 Å². The summed E-state index contributed by atoms with van der Waals surface area (Å²) < 4.78 is 0. The van der Waals surface area contributed by atoms with E-state index in [0.717, 1.165) is 21.0 Å². The summed E-state index contributed by atoms with van der Waals surface area (Å²) in [5.41, 5.74) is 2.46. The van der Waals surface area contributed by atoms with Gasteiger partial charge in [-0.05, 0) is 38.1 Å². The van der Waals surface area contributed by atoms with Crippen LogP contribution in [0.15, 0.2) is 59.5 Å². The monoisotopic (exact) mass is 469 g/mol. The molecule has 0 spiro atoms. The van der Waals surface area contributed by atoms with Crippen LogP contribution in [0.5, 0.6) is 0 Å². The van der Waals surface area contributed by atoms with Crippen LogP contribution in [0, 0.1) is 6.92 Å². The predicted molar refractivity (Wildman–Crippen MR) is 128 cm³/mol. The van der Waals surface area contributed by atoms with Gasteiger partial charge in [-0.2, -0.15) is 0 Å². The zero-order chi connectivity index (χ0) is 23.1. The first-order chi connectivity index (χ1) is 15.3. The van der Waals surface area contributed by atoms with Crippen molar-refractivity contribution >= 4 is 51.7 Å². The van der Waals surface area contributed by atoms with E-state index in [9.17, 15) is 14.4 Å². The van der Waals surface area contributed by atoms with E-state index in [-0.39, 0.29) is 29.9 Å². The van der Waals surface area contributed by atoms with Gasteiger partial charge in [-0.1, -0.05) is 30.3 Å². The van der Waals surface area contributed by atoms with Crippen molar-refractivity contribution in [2.24, 2.45) is 0 Å². The number of rotatable bonds is 9. The molecule has 1 unspecified atom stereocenters. The number of hydrogen-bond donors (Lipinski definition) is 3. The first-order valence-corrected chi connectivity index (χ1v) is 11.6. The highest BCUT2D eigenvalue weighted by atomic mass is 32.2. The summed E-state index contributed by atoms with van der Waals surface area (Å²) in [4.78, 5) is 41.4. The fourth-order valence-electron chi connectivity index (χ4n) is 2.84. The van der Waals surface area contributed by atoms with Gasteiger partial charge in [-0.3, -0.25) is 14.4 Å². The highest BCUT2D eigenvalue weighted by Gasteiger charge is 2.18. The van der Waals surface area contributed by atoms with Crippen LogP contribution < -0.4 is 10.6 Å². The zero-order valence-electron chi connectivity index (χ0n) is 17.6. The molecule has 0 radical (unpaired) electrons. The number of hydrogen-bond acceptors (Lipinski definition) is 6. The molecule has 1 atom stereocenters. The number of anilines is 2. The van der Waals surface area contributed by atoms with Crippen molar-refractivity contribution in [3.8, 4) is 11.3 Å². The Morgan fingerprint density at radius 2 is 1.72 bits per heavy atom. The number of aryl methyl sites for hydroxylation is 1. The van der Waals surface area contributed by atoms with Crippen molar-refractivity contribution in [1.29, 1.82) is 0 Å². The molecule has 3 N–H and O–H groups in total. The van der Waals surface area contributed by atoms with E-state index in [1.807, 2.05) is 56.3 Å². The molecule has 0 fully saturated rings. The lowest BCUT2D eigenvalue weighted by Crippen LogP contribution is -2.22. The molecule has 0 saturated heterocycles. The third kappa shape index (κ3) is 6.66. The smallest absolute Gasteiger partial charge is 0.303 e. The molecule has 32 heavy (non-hydrogen) atoms. The van der Waals surface area contributed by atoms with Gasteiger partial charge in [0.15, 0.2) is 5.13 Å². The van der Waals surface area contributed by atoms with Crippen molar-refractivity contribution in [3.63, 3.8) is 0 Å². The Labute approximate surface area is 194 Å². The maximum atomic E-state index is 12.6. The number of carboxylic acids is 1. The number of benzene rings is 2. The number of carbonyl (C=O) groups excluding carboxylic acids is 2. The van der Waals surface area contributed by atoms with Crippen LogP contribution in [-0.2, 0) is 14.4 Å². The van der Waals surface area contributed by atoms with Crippen LogP contribution in [0.2, 0.25) is 0 Å². The van der Waals surface area contributed by atoms with Crippen molar-refractivity contribution in [3.05, 3.63) is 59.5 Å². The topological polar surface area (TPSA) is 108 Å². The maximum absolute atomic E-state index is 12.6. The molecule has 3 rings (SSSR count). The van der Waals surface area contributed by atoms with Crippen LogP contribution in [0.25, 0.3) is 11.3 Å². The number of aromatic nitrogens is 1. The lowest BCUT2D eigenvalue weighted by Gasteiger charge is -2.11. The number of carboxylic acid groups (broad SMARTS) is 1. The maximum Gasteiger partial charge on any atom is 0.303 e. The average molecular weight is 470 g/mol. The fourth-order valence-corrected chi connectivity index (χ4v) is 4.55. The molecule has 9 heteroatoms. The molecule has 1 aromatic heterocycles. The van der Waals surface area contributed by atoms with Gasteiger partial charge in [0.1, 0.15) is 0 Å². The summed E-state index contributed by atoms with van der Waals surface area (Å²) in [5, 5.41) is 14.4. The van der Waals surface area contributed by atoms with Crippen LogP contribution >= 0.6 is 23.1 Å². The van der Waals surface area contributed by atoms with E-state index in [2.05, 4.69) is 15.6 Å². The summed E-state index contributed by atoms with van der Waals surface area (Å²) in [5.74, 6) is -1.51. The largest absolute Gasteiger partial charge is 0.481 e. The van der Waals surface area contributed by atoms with Crippen LogP contribution in [0.3, 0.4) is 0 Å². The lowest BCUT2D eigenvalue weighted by atomic mass is 10.1. The molecule has 2 aromatic carbocycles. The molecule has 0 saturated carbocycles. The van der Waals surface area contributed by atoms with Gasteiger partial charge in [0.2, 0.25) is 11.8 Å². The van der Waals surface area contributed by atoms with Crippen molar-refractivity contribution in [1.82, 2.24) is 4.98 Å². The zero-order valence-corrected chi connectivity index (χ0v) is 19.3. The number of nitrogens with one attached hydrogen (secondary N) is 2. The van der Waals surface area contributed by atoms with Gasteiger partial charge in [0, 0.05) is 27.4 Å². The molecule has 1 heterocycles. The molecule has 0 bridgehead atoms. The normalized spacial score (nSPS) is 11.6. The minimum atomic E-state index is -1.01. The number of carbonyl (C=O) groups is 3. The fraction of sp³-hybridized carbons (Fsp3) is 0.217. The first kappa shape index (κ1) is 23.5. The molecule has 166 valence electrons. The second-order valence-electron chi connectivity index (χ2n) is 7.01. The summed E-state index contributed by atoms with van der Waals surface area (Å²) in [6.07, 6.45) is -0.289. The Morgan fingerprint density at radius 3 is 2.38 bits per heavy atom. The summed E-state index contributed by atoms with van der Waals surface area (Å²) in [7, 11) is 0. The Kier molecular flexibility index (Phi) is 8.02. The van der Waals surface area contributed by atoms with Gasteiger partial charge < -0.3 is 15.7 Å². The lowest BCUT2D eigenvalue weighted by molar-refractivity contribution is -0.138. The van der Waals surface area contributed by atoms with Gasteiger partial charge in [-0.15, -0.1) is 23.1 Å². The third-order valence-electron chi connectivity index (χ3n) is 4.46. The second kappa shape index (κ2) is 10.9. The molecule has 7 nitrogen and oxygen atoms in total. The number of amides is 2. The molecular formula is C23H23N3O4S2. The van der Waals surface area contributed by atoms with Gasteiger partial charge >= 0.3 is 5.97 Å². The van der Waals surface area contributed by atoms with E-state index in [4.69, 9.17) is 5.11 Å². The van der Waals surface area contributed by atoms with E-state index >= 15 is 0 Å². The Morgan fingerprint density at radius 1 is 1.03 bits per heavy atom.